The Hall–Kier alpha value is -0.340. The van der Waals surface area contributed by atoms with Crippen molar-refractivity contribution >= 4 is 0 Å². The molecule has 0 spiro atoms. The topological polar surface area (TPSA) is 40.5 Å². The SMILES string of the molecule is CC(C)C(O)CC[C@@H](C)[C@H]1CC[C@H]2[C@@H]3CC=C4CCC(O)C[C@]4(C)[C@H]3CC[C@]12C. The summed E-state index contributed by atoms with van der Waals surface area (Å²) in [6.07, 6.45) is 14.4. The first-order chi connectivity index (χ1) is 13.7. The van der Waals surface area contributed by atoms with Crippen molar-refractivity contribution in [2.45, 2.75) is 111 Å². The highest BCUT2D eigenvalue weighted by Crippen LogP contribution is 2.67. The fraction of sp³-hybridized carbons (Fsp3) is 0.926. The van der Waals surface area contributed by atoms with Crippen molar-refractivity contribution in [3.63, 3.8) is 0 Å². The number of rotatable bonds is 5. The van der Waals surface area contributed by atoms with E-state index in [0.717, 1.165) is 55.3 Å². The Morgan fingerprint density at radius 1 is 1.03 bits per heavy atom. The lowest BCUT2D eigenvalue weighted by Crippen LogP contribution is -2.51. The Morgan fingerprint density at radius 2 is 1.79 bits per heavy atom. The standard InChI is InChI=1S/C27H46O2/c1-17(2)25(29)13-6-18(3)22-11-12-23-21-10-8-19-7-9-20(28)16-27(19,5)24(21)14-15-26(22,23)4/h8,17-18,20-25,28-29H,6-7,9-16H2,1-5H3/t18-,20?,21+,22-,23+,24+,25?,26-,27+/m1/s1. The fourth-order valence-electron chi connectivity index (χ4n) is 8.68. The minimum absolute atomic E-state index is 0.0899. The second-order valence-electron chi connectivity index (χ2n) is 12.3. The van der Waals surface area contributed by atoms with Crippen LogP contribution in [0.15, 0.2) is 11.6 Å². The summed E-state index contributed by atoms with van der Waals surface area (Å²) in [6.45, 7) is 11.9. The van der Waals surface area contributed by atoms with Crippen LogP contribution >= 0.6 is 0 Å². The molecule has 0 radical (unpaired) electrons. The summed E-state index contributed by atoms with van der Waals surface area (Å²) < 4.78 is 0. The van der Waals surface area contributed by atoms with Crippen LogP contribution < -0.4 is 0 Å². The van der Waals surface area contributed by atoms with Crippen LogP contribution in [0, 0.1) is 46.3 Å². The molecule has 2 nitrogen and oxygen atoms in total. The highest BCUT2D eigenvalue weighted by molar-refractivity contribution is 5.25. The van der Waals surface area contributed by atoms with E-state index in [-0.39, 0.29) is 17.6 Å². The third kappa shape index (κ3) is 3.65. The maximum Gasteiger partial charge on any atom is 0.0563 e. The number of fused-ring (bicyclic) bond motifs is 5. The van der Waals surface area contributed by atoms with E-state index in [1.807, 2.05) is 0 Å². The Balaban J connectivity index is 1.49. The van der Waals surface area contributed by atoms with Crippen LogP contribution in [0.2, 0.25) is 0 Å². The minimum Gasteiger partial charge on any atom is -0.393 e. The van der Waals surface area contributed by atoms with Gasteiger partial charge in [0, 0.05) is 0 Å². The average molecular weight is 403 g/mol. The highest BCUT2D eigenvalue weighted by Gasteiger charge is 2.59. The van der Waals surface area contributed by atoms with E-state index >= 15 is 0 Å². The molecule has 0 aliphatic heterocycles. The third-order valence-corrected chi connectivity index (χ3v) is 10.5. The summed E-state index contributed by atoms with van der Waals surface area (Å²) in [5.74, 6) is 4.38. The van der Waals surface area contributed by atoms with Crippen molar-refractivity contribution in [1.82, 2.24) is 0 Å². The maximum atomic E-state index is 10.5. The highest BCUT2D eigenvalue weighted by atomic mass is 16.3. The summed E-state index contributed by atoms with van der Waals surface area (Å²) in [7, 11) is 0. The molecule has 2 unspecified atom stereocenters. The Morgan fingerprint density at radius 3 is 2.52 bits per heavy atom. The molecule has 3 fully saturated rings. The van der Waals surface area contributed by atoms with Crippen molar-refractivity contribution in [2.24, 2.45) is 46.3 Å². The van der Waals surface area contributed by atoms with Crippen LogP contribution in [0.3, 0.4) is 0 Å². The first-order valence-corrected chi connectivity index (χ1v) is 12.7. The molecular weight excluding hydrogens is 356 g/mol. The molecule has 166 valence electrons. The minimum atomic E-state index is -0.141. The molecule has 0 aromatic heterocycles. The zero-order valence-corrected chi connectivity index (χ0v) is 19.7. The van der Waals surface area contributed by atoms with Gasteiger partial charge in [-0.05, 0) is 111 Å². The van der Waals surface area contributed by atoms with E-state index in [4.69, 9.17) is 0 Å². The Bertz CT molecular complexity index is 624. The largest absolute Gasteiger partial charge is 0.393 e. The second kappa shape index (κ2) is 7.97. The van der Waals surface area contributed by atoms with Crippen LogP contribution in [0.5, 0.6) is 0 Å². The number of allylic oxidation sites excluding steroid dienone is 2. The molecule has 4 aliphatic rings. The second-order valence-corrected chi connectivity index (χ2v) is 12.3. The van der Waals surface area contributed by atoms with E-state index < -0.39 is 0 Å². The van der Waals surface area contributed by atoms with Crippen LogP contribution in [-0.4, -0.2) is 22.4 Å². The zero-order valence-electron chi connectivity index (χ0n) is 19.7. The van der Waals surface area contributed by atoms with Gasteiger partial charge in [-0.15, -0.1) is 0 Å². The van der Waals surface area contributed by atoms with Gasteiger partial charge >= 0.3 is 0 Å². The average Bonchev–Trinajstić information content (AvgIpc) is 3.02. The normalized spacial score (nSPS) is 46.5. The summed E-state index contributed by atoms with van der Waals surface area (Å²) in [5, 5.41) is 20.8. The lowest BCUT2D eigenvalue weighted by Gasteiger charge is -2.58. The Labute approximate surface area is 179 Å². The van der Waals surface area contributed by atoms with E-state index in [9.17, 15) is 10.2 Å². The molecule has 4 rings (SSSR count). The first kappa shape index (κ1) is 21.9. The van der Waals surface area contributed by atoms with Crippen LogP contribution in [0.1, 0.15) is 98.8 Å². The number of hydrogen-bond donors (Lipinski definition) is 2. The van der Waals surface area contributed by atoms with Gasteiger partial charge in [0.2, 0.25) is 0 Å². The molecular formula is C27H46O2. The molecule has 0 aromatic carbocycles. The molecule has 0 aromatic rings. The van der Waals surface area contributed by atoms with Crippen molar-refractivity contribution < 1.29 is 10.2 Å². The molecule has 0 amide bonds. The molecule has 0 bridgehead atoms. The molecule has 0 saturated heterocycles. The molecule has 0 heterocycles. The molecule has 2 N–H and O–H groups in total. The third-order valence-electron chi connectivity index (χ3n) is 10.5. The van der Waals surface area contributed by atoms with Crippen LogP contribution in [0.25, 0.3) is 0 Å². The van der Waals surface area contributed by atoms with Crippen molar-refractivity contribution in [2.75, 3.05) is 0 Å². The quantitative estimate of drug-likeness (QED) is 0.525. The molecule has 4 aliphatic carbocycles. The summed E-state index contributed by atoms with van der Waals surface area (Å²) >= 11 is 0. The van der Waals surface area contributed by atoms with Crippen molar-refractivity contribution in [3.05, 3.63) is 11.6 Å². The van der Waals surface area contributed by atoms with Gasteiger partial charge in [0.1, 0.15) is 0 Å². The van der Waals surface area contributed by atoms with E-state index in [1.54, 1.807) is 5.57 Å². The van der Waals surface area contributed by atoms with E-state index in [0.29, 0.717) is 11.3 Å². The van der Waals surface area contributed by atoms with Gasteiger partial charge in [0.15, 0.2) is 0 Å². The van der Waals surface area contributed by atoms with Gasteiger partial charge in [-0.25, -0.2) is 0 Å². The summed E-state index contributed by atoms with van der Waals surface area (Å²) in [5.41, 5.74) is 2.42. The number of aliphatic hydroxyl groups excluding tert-OH is 2. The van der Waals surface area contributed by atoms with Gasteiger partial charge in [0.05, 0.1) is 12.2 Å². The number of hydrogen-bond acceptors (Lipinski definition) is 2. The fourth-order valence-corrected chi connectivity index (χ4v) is 8.68. The molecule has 29 heavy (non-hydrogen) atoms. The lowest BCUT2D eigenvalue weighted by molar-refractivity contribution is -0.0642. The predicted molar refractivity (Wildman–Crippen MR) is 120 cm³/mol. The van der Waals surface area contributed by atoms with Gasteiger partial charge < -0.3 is 10.2 Å². The zero-order chi connectivity index (χ0) is 21.0. The molecule has 9 atom stereocenters. The van der Waals surface area contributed by atoms with Gasteiger partial charge in [-0.3, -0.25) is 0 Å². The summed E-state index contributed by atoms with van der Waals surface area (Å²) in [4.78, 5) is 0. The first-order valence-electron chi connectivity index (χ1n) is 12.7. The summed E-state index contributed by atoms with van der Waals surface area (Å²) in [6, 6.07) is 0. The van der Waals surface area contributed by atoms with E-state index in [2.05, 4.69) is 40.7 Å². The van der Waals surface area contributed by atoms with Gasteiger partial charge in [-0.1, -0.05) is 46.3 Å². The van der Waals surface area contributed by atoms with Gasteiger partial charge in [0.25, 0.3) is 0 Å². The van der Waals surface area contributed by atoms with Crippen LogP contribution in [0.4, 0.5) is 0 Å². The molecule has 2 heteroatoms. The monoisotopic (exact) mass is 402 g/mol. The Kier molecular flexibility index (Phi) is 6.01. The van der Waals surface area contributed by atoms with E-state index in [1.165, 1.54) is 38.5 Å². The number of aliphatic hydroxyl groups is 2. The molecule has 3 saturated carbocycles. The maximum absolute atomic E-state index is 10.5. The smallest absolute Gasteiger partial charge is 0.0563 e. The van der Waals surface area contributed by atoms with Crippen molar-refractivity contribution in [1.29, 1.82) is 0 Å². The van der Waals surface area contributed by atoms with Crippen LogP contribution in [-0.2, 0) is 0 Å². The van der Waals surface area contributed by atoms with Gasteiger partial charge in [-0.2, -0.15) is 0 Å². The predicted octanol–water partition coefficient (Wildman–Crippen LogP) is 6.36. The lowest BCUT2D eigenvalue weighted by atomic mass is 9.47. The van der Waals surface area contributed by atoms with Crippen molar-refractivity contribution in [3.8, 4) is 0 Å².